The summed E-state index contributed by atoms with van der Waals surface area (Å²) in [4.78, 5) is 0. The van der Waals surface area contributed by atoms with Gasteiger partial charge in [-0.25, -0.2) is 0 Å². The van der Waals surface area contributed by atoms with Gasteiger partial charge in [-0.3, -0.25) is 0 Å². The molecule has 0 spiro atoms. The third-order valence-corrected chi connectivity index (χ3v) is 2.54. The van der Waals surface area contributed by atoms with Gasteiger partial charge >= 0.3 is 0 Å². The molecule has 0 aliphatic rings. The quantitative estimate of drug-likeness (QED) is 0.708. The fourth-order valence-electron chi connectivity index (χ4n) is 0.756. The van der Waals surface area contributed by atoms with Crippen LogP contribution in [-0.4, -0.2) is 0 Å². The van der Waals surface area contributed by atoms with E-state index in [1.807, 2.05) is 0 Å². The monoisotopic (exact) mass is 209 g/mol. The predicted molar refractivity (Wildman–Crippen MR) is 49.4 cm³/mol. The summed E-state index contributed by atoms with van der Waals surface area (Å²) >= 11 is 17.3. The molecule has 0 aromatic heterocycles. The first-order valence-electron chi connectivity index (χ1n) is 2.99. The van der Waals surface area contributed by atoms with Gasteiger partial charge in [0.1, 0.15) is 0 Å². The second-order valence-corrected chi connectivity index (χ2v) is 3.22. The SMILES string of the molecule is NCc1c(Cl)ccc(Cl)c1Cl. The molecule has 0 radical (unpaired) electrons. The van der Waals surface area contributed by atoms with Crippen LogP contribution in [-0.2, 0) is 6.54 Å². The normalized spacial score (nSPS) is 10.2. The maximum atomic E-state index is 5.80. The highest BCUT2D eigenvalue weighted by atomic mass is 35.5. The van der Waals surface area contributed by atoms with Crippen molar-refractivity contribution in [1.82, 2.24) is 0 Å². The van der Waals surface area contributed by atoms with Crippen LogP contribution in [0.4, 0.5) is 0 Å². The maximum Gasteiger partial charge on any atom is 0.0652 e. The van der Waals surface area contributed by atoms with Crippen molar-refractivity contribution < 1.29 is 0 Å². The first kappa shape index (κ1) is 9.14. The summed E-state index contributed by atoms with van der Waals surface area (Å²) in [7, 11) is 0. The highest BCUT2D eigenvalue weighted by Gasteiger charge is 2.06. The zero-order chi connectivity index (χ0) is 8.43. The third kappa shape index (κ3) is 1.79. The molecule has 0 fully saturated rings. The Balaban J connectivity index is 3.29. The van der Waals surface area contributed by atoms with Crippen molar-refractivity contribution >= 4 is 34.8 Å². The van der Waals surface area contributed by atoms with Crippen molar-refractivity contribution in [2.75, 3.05) is 0 Å². The van der Waals surface area contributed by atoms with Crippen molar-refractivity contribution in [2.45, 2.75) is 6.54 Å². The van der Waals surface area contributed by atoms with E-state index in [9.17, 15) is 0 Å². The Morgan fingerprint density at radius 1 is 1.09 bits per heavy atom. The van der Waals surface area contributed by atoms with Gasteiger partial charge in [-0.05, 0) is 12.1 Å². The first-order valence-corrected chi connectivity index (χ1v) is 4.12. The fourth-order valence-corrected chi connectivity index (χ4v) is 1.46. The molecule has 0 aliphatic carbocycles. The van der Waals surface area contributed by atoms with E-state index < -0.39 is 0 Å². The molecule has 2 N–H and O–H groups in total. The predicted octanol–water partition coefficient (Wildman–Crippen LogP) is 3.11. The Morgan fingerprint density at radius 2 is 1.64 bits per heavy atom. The standard InChI is InChI=1S/C7H6Cl3N/c8-5-1-2-6(9)7(10)4(5)3-11/h1-2H,3,11H2. The Hall–Kier alpha value is 0.0500. The van der Waals surface area contributed by atoms with E-state index in [1.165, 1.54) is 0 Å². The van der Waals surface area contributed by atoms with Gasteiger partial charge in [-0.15, -0.1) is 0 Å². The van der Waals surface area contributed by atoms with E-state index in [1.54, 1.807) is 12.1 Å². The molecule has 0 unspecified atom stereocenters. The molecule has 1 aromatic rings. The average Bonchev–Trinajstić information content (AvgIpc) is 1.99. The van der Waals surface area contributed by atoms with E-state index in [-0.39, 0.29) is 0 Å². The molecule has 0 aliphatic heterocycles. The van der Waals surface area contributed by atoms with Crippen LogP contribution in [0.15, 0.2) is 12.1 Å². The lowest BCUT2D eigenvalue weighted by Crippen LogP contribution is -1.98. The van der Waals surface area contributed by atoms with Gasteiger partial charge in [0, 0.05) is 17.1 Å². The van der Waals surface area contributed by atoms with Crippen molar-refractivity contribution in [3.05, 3.63) is 32.8 Å². The number of hydrogen-bond donors (Lipinski definition) is 1. The fraction of sp³-hybridized carbons (Fsp3) is 0.143. The Kier molecular flexibility index (Phi) is 3.02. The van der Waals surface area contributed by atoms with E-state index in [0.29, 0.717) is 27.2 Å². The second-order valence-electron chi connectivity index (χ2n) is 2.03. The molecular formula is C7H6Cl3N. The molecule has 0 saturated carbocycles. The highest BCUT2D eigenvalue weighted by molar-refractivity contribution is 6.44. The third-order valence-electron chi connectivity index (χ3n) is 1.34. The molecule has 1 rings (SSSR count). The summed E-state index contributed by atoms with van der Waals surface area (Å²) in [6, 6.07) is 3.32. The largest absolute Gasteiger partial charge is 0.326 e. The molecule has 0 atom stereocenters. The van der Waals surface area contributed by atoms with Crippen LogP contribution in [0.1, 0.15) is 5.56 Å². The summed E-state index contributed by atoms with van der Waals surface area (Å²) in [6.07, 6.45) is 0. The molecule has 0 bridgehead atoms. The lowest BCUT2D eigenvalue weighted by Gasteiger charge is -2.04. The van der Waals surface area contributed by atoms with Gasteiger partial charge in [-0.2, -0.15) is 0 Å². The minimum atomic E-state index is 0.304. The van der Waals surface area contributed by atoms with Crippen molar-refractivity contribution in [2.24, 2.45) is 5.73 Å². The lowest BCUT2D eigenvalue weighted by molar-refractivity contribution is 1.07. The lowest BCUT2D eigenvalue weighted by atomic mass is 10.2. The van der Waals surface area contributed by atoms with E-state index in [0.717, 1.165) is 0 Å². The molecule has 60 valence electrons. The average molecular weight is 210 g/mol. The van der Waals surface area contributed by atoms with Crippen LogP contribution in [0.25, 0.3) is 0 Å². The summed E-state index contributed by atoms with van der Waals surface area (Å²) in [5.41, 5.74) is 6.09. The minimum absolute atomic E-state index is 0.304. The minimum Gasteiger partial charge on any atom is -0.326 e. The molecule has 0 amide bonds. The van der Waals surface area contributed by atoms with Crippen LogP contribution in [0.3, 0.4) is 0 Å². The van der Waals surface area contributed by atoms with Gasteiger partial charge in [-0.1, -0.05) is 34.8 Å². The van der Waals surface area contributed by atoms with Crippen LogP contribution in [0.2, 0.25) is 15.1 Å². The van der Waals surface area contributed by atoms with Crippen molar-refractivity contribution in [3.63, 3.8) is 0 Å². The summed E-state index contributed by atoms with van der Waals surface area (Å²) in [5.74, 6) is 0. The van der Waals surface area contributed by atoms with E-state index in [4.69, 9.17) is 40.5 Å². The Labute approximate surface area is 80.0 Å². The summed E-state index contributed by atoms with van der Waals surface area (Å²) in [6.45, 7) is 0.304. The van der Waals surface area contributed by atoms with Crippen LogP contribution >= 0.6 is 34.8 Å². The van der Waals surface area contributed by atoms with Crippen molar-refractivity contribution in [3.8, 4) is 0 Å². The Morgan fingerprint density at radius 3 is 2.09 bits per heavy atom. The zero-order valence-corrected chi connectivity index (χ0v) is 7.84. The number of halogens is 3. The van der Waals surface area contributed by atoms with Gasteiger partial charge in [0.25, 0.3) is 0 Å². The molecule has 4 heteroatoms. The maximum absolute atomic E-state index is 5.80. The zero-order valence-electron chi connectivity index (χ0n) is 5.57. The van der Waals surface area contributed by atoms with Gasteiger partial charge in [0.05, 0.1) is 10.0 Å². The molecular weight excluding hydrogens is 204 g/mol. The Bertz CT molecular complexity index is 273. The molecule has 1 nitrogen and oxygen atoms in total. The van der Waals surface area contributed by atoms with Gasteiger partial charge in [0.2, 0.25) is 0 Å². The molecule has 0 saturated heterocycles. The topological polar surface area (TPSA) is 26.0 Å². The smallest absolute Gasteiger partial charge is 0.0652 e. The van der Waals surface area contributed by atoms with Crippen LogP contribution in [0.5, 0.6) is 0 Å². The van der Waals surface area contributed by atoms with Crippen LogP contribution in [0, 0.1) is 0 Å². The number of hydrogen-bond acceptors (Lipinski definition) is 1. The number of benzene rings is 1. The molecule has 11 heavy (non-hydrogen) atoms. The first-order chi connectivity index (χ1) is 5.16. The highest BCUT2D eigenvalue weighted by Crippen LogP contribution is 2.30. The van der Waals surface area contributed by atoms with Crippen molar-refractivity contribution in [1.29, 1.82) is 0 Å². The molecule has 1 aromatic carbocycles. The number of nitrogens with two attached hydrogens (primary N) is 1. The van der Waals surface area contributed by atoms with E-state index in [2.05, 4.69) is 0 Å². The second kappa shape index (κ2) is 3.63. The summed E-state index contributed by atoms with van der Waals surface area (Å²) < 4.78 is 0. The van der Waals surface area contributed by atoms with Crippen LogP contribution < -0.4 is 5.73 Å². The van der Waals surface area contributed by atoms with Gasteiger partial charge in [0.15, 0.2) is 0 Å². The summed E-state index contributed by atoms with van der Waals surface area (Å²) in [5, 5.41) is 1.49. The number of rotatable bonds is 1. The van der Waals surface area contributed by atoms with Gasteiger partial charge < -0.3 is 5.73 Å². The van der Waals surface area contributed by atoms with E-state index >= 15 is 0 Å². The molecule has 0 heterocycles.